The summed E-state index contributed by atoms with van der Waals surface area (Å²) in [7, 11) is 2.09. The van der Waals surface area contributed by atoms with Gasteiger partial charge in [-0.05, 0) is 13.1 Å². The Morgan fingerprint density at radius 2 is 2.21 bits per heavy atom. The van der Waals surface area contributed by atoms with Gasteiger partial charge in [-0.1, -0.05) is 24.3 Å². The molecule has 3 rings (SSSR count). The Bertz CT molecular complexity index is 570. The van der Waals surface area contributed by atoms with Crippen LogP contribution < -0.4 is 0 Å². The largest absolute Gasteiger partial charge is 0.387 e. The van der Waals surface area contributed by atoms with Crippen molar-refractivity contribution < 1.29 is 5.11 Å². The van der Waals surface area contributed by atoms with Crippen LogP contribution in [-0.4, -0.2) is 46.1 Å². The number of aromatic nitrogens is 1. The number of nitrogens with zero attached hydrogens (tertiary/aromatic N) is 2. The van der Waals surface area contributed by atoms with Crippen LogP contribution >= 0.6 is 11.8 Å². The predicted octanol–water partition coefficient (Wildman–Crippen LogP) is 2.32. The van der Waals surface area contributed by atoms with Crippen LogP contribution in [0.15, 0.2) is 36.5 Å². The van der Waals surface area contributed by atoms with E-state index in [1.165, 1.54) is 0 Å². The van der Waals surface area contributed by atoms with Gasteiger partial charge < -0.3 is 5.11 Å². The van der Waals surface area contributed by atoms with Crippen LogP contribution in [0.5, 0.6) is 0 Å². The Kier molecular flexibility index (Phi) is 3.73. The van der Waals surface area contributed by atoms with Gasteiger partial charge in [0.05, 0.1) is 11.6 Å². The van der Waals surface area contributed by atoms with Gasteiger partial charge in [-0.2, -0.15) is 11.8 Å². The Labute approximate surface area is 117 Å². The molecule has 1 N–H and O–H groups in total. The van der Waals surface area contributed by atoms with E-state index in [1.54, 1.807) is 6.20 Å². The van der Waals surface area contributed by atoms with Gasteiger partial charge in [-0.3, -0.25) is 9.88 Å². The van der Waals surface area contributed by atoms with Gasteiger partial charge >= 0.3 is 0 Å². The SMILES string of the molecule is CN1CCSCC1C(O)c1cccc2cccnc12. The molecule has 0 aliphatic carbocycles. The first kappa shape index (κ1) is 12.9. The van der Waals surface area contributed by atoms with Crippen LogP contribution in [0.4, 0.5) is 0 Å². The van der Waals surface area contributed by atoms with Gasteiger partial charge in [-0.15, -0.1) is 0 Å². The van der Waals surface area contributed by atoms with Gasteiger partial charge in [-0.25, -0.2) is 0 Å². The van der Waals surface area contributed by atoms with Crippen molar-refractivity contribution in [2.45, 2.75) is 12.1 Å². The molecule has 2 unspecified atom stereocenters. The molecule has 19 heavy (non-hydrogen) atoms. The van der Waals surface area contributed by atoms with Crippen molar-refractivity contribution in [2.75, 3.05) is 25.1 Å². The van der Waals surface area contributed by atoms with E-state index >= 15 is 0 Å². The molecule has 0 spiro atoms. The summed E-state index contributed by atoms with van der Waals surface area (Å²) < 4.78 is 0. The fraction of sp³-hybridized carbons (Fsp3) is 0.400. The average molecular weight is 274 g/mol. The third-order valence-electron chi connectivity index (χ3n) is 3.79. The van der Waals surface area contributed by atoms with Gasteiger partial charge in [0.1, 0.15) is 0 Å². The zero-order valence-electron chi connectivity index (χ0n) is 11.0. The highest BCUT2D eigenvalue weighted by Crippen LogP contribution is 2.30. The fourth-order valence-corrected chi connectivity index (χ4v) is 3.87. The molecule has 0 amide bonds. The fourth-order valence-electron chi connectivity index (χ4n) is 2.61. The van der Waals surface area contributed by atoms with Gasteiger partial charge in [0, 0.05) is 41.2 Å². The third kappa shape index (κ3) is 2.48. The highest BCUT2D eigenvalue weighted by atomic mass is 32.2. The molecule has 1 aromatic heterocycles. The Morgan fingerprint density at radius 3 is 3.05 bits per heavy atom. The molecule has 100 valence electrons. The standard InChI is InChI=1S/C15H18N2OS/c1-17-8-9-19-10-13(17)15(18)12-6-2-4-11-5-3-7-16-14(11)12/h2-7,13,15,18H,8-10H2,1H3. The first-order valence-corrected chi connectivity index (χ1v) is 7.72. The molecule has 4 heteroatoms. The predicted molar refractivity (Wildman–Crippen MR) is 80.4 cm³/mol. The summed E-state index contributed by atoms with van der Waals surface area (Å²) in [6, 6.07) is 10.2. The van der Waals surface area contributed by atoms with E-state index in [1.807, 2.05) is 42.1 Å². The number of likely N-dealkylation sites (N-methyl/N-ethyl adjacent to an activating group) is 1. The normalized spacial score (nSPS) is 22.5. The van der Waals surface area contributed by atoms with E-state index in [-0.39, 0.29) is 6.04 Å². The summed E-state index contributed by atoms with van der Waals surface area (Å²) in [6.45, 7) is 1.03. The smallest absolute Gasteiger partial charge is 0.0974 e. The molecule has 1 saturated heterocycles. The lowest BCUT2D eigenvalue weighted by Crippen LogP contribution is -2.43. The summed E-state index contributed by atoms with van der Waals surface area (Å²) in [5.74, 6) is 2.12. The maximum atomic E-state index is 10.7. The third-order valence-corrected chi connectivity index (χ3v) is 4.84. The summed E-state index contributed by atoms with van der Waals surface area (Å²) in [5.41, 5.74) is 1.86. The topological polar surface area (TPSA) is 36.4 Å². The molecular weight excluding hydrogens is 256 g/mol. The summed E-state index contributed by atoms with van der Waals surface area (Å²) >= 11 is 1.91. The highest BCUT2D eigenvalue weighted by molar-refractivity contribution is 7.99. The van der Waals surface area contributed by atoms with Crippen LogP contribution in [0.2, 0.25) is 0 Å². The lowest BCUT2D eigenvalue weighted by Gasteiger charge is -2.35. The number of benzene rings is 1. The zero-order chi connectivity index (χ0) is 13.2. The highest BCUT2D eigenvalue weighted by Gasteiger charge is 2.28. The van der Waals surface area contributed by atoms with Crippen LogP contribution in [0.25, 0.3) is 10.9 Å². The minimum Gasteiger partial charge on any atom is -0.387 e. The number of rotatable bonds is 2. The molecular formula is C15H18N2OS. The molecule has 0 bridgehead atoms. The molecule has 1 fully saturated rings. The lowest BCUT2D eigenvalue weighted by molar-refractivity contribution is 0.0768. The van der Waals surface area contributed by atoms with Gasteiger partial charge in [0.2, 0.25) is 0 Å². The van der Waals surface area contributed by atoms with Crippen LogP contribution in [0.1, 0.15) is 11.7 Å². The van der Waals surface area contributed by atoms with Crippen molar-refractivity contribution in [3.05, 3.63) is 42.1 Å². The van der Waals surface area contributed by atoms with E-state index in [9.17, 15) is 5.11 Å². The van der Waals surface area contributed by atoms with Gasteiger partial charge in [0.15, 0.2) is 0 Å². The van der Waals surface area contributed by atoms with E-state index < -0.39 is 6.10 Å². The Balaban J connectivity index is 1.99. The lowest BCUT2D eigenvalue weighted by atomic mass is 9.99. The quantitative estimate of drug-likeness (QED) is 0.912. The molecule has 1 aliphatic heterocycles. The van der Waals surface area contributed by atoms with Crippen LogP contribution in [-0.2, 0) is 0 Å². The number of hydrogen-bond donors (Lipinski definition) is 1. The number of para-hydroxylation sites is 1. The van der Waals surface area contributed by atoms with E-state index in [0.717, 1.165) is 34.5 Å². The molecule has 2 atom stereocenters. The number of hydrogen-bond acceptors (Lipinski definition) is 4. The van der Waals surface area contributed by atoms with Crippen molar-refractivity contribution in [1.29, 1.82) is 0 Å². The van der Waals surface area contributed by atoms with Crippen molar-refractivity contribution in [3.8, 4) is 0 Å². The number of fused-ring (bicyclic) bond motifs is 1. The first-order chi connectivity index (χ1) is 9.27. The maximum Gasteiger partial charge on any atom is 0.0974 e. The molecule has 0 radical (unpaired) electrons. The molecule has 3 nitrogen and oxygen atoms in total. The second-order valence-electron chi connectivity index (χ2n) is 4.99. The summed E-state index contributed by atoms with van der Waals surface area (Å²) in [4.78, 5) is 6.69. The van der Waals surface area contributed by atoms with Crippen LogP contribution in [0, 0.1) is 0 Å². The Morgan fingerprint density at radius 1 is 1.37 bits per heavy atom. The maximum absolute atomic E-state index is 10.7. The minimum atomic E-state index is -0.476. The van der Waals surface area contributed by atoms with E-state index in [2.05, 4.69) is 16.9 Å². The molecule has 2 aromatic rings. The second kappa shape index (κ2) is 5.49. The van der Waals surface area contributed by atoms with E-state index in [0.29, 0.717) is 0 Å². The minimum absolute atomic E-state index is 0.173. The number of aliphatic hydroxyl groups excluding tert-OH is 1. The first-order valence-electron chi connectivity index (χ1n) is 6.57. The number of thioether (sulfide) groups is 1. The number of pyridine rings is 1. The summed E-state index contributed by atoms with van der Waals surface area (Å²) in [6.07, 6.45) is 1.31. The summed E-state index contributed by atoms with van der Waals surface area (Å²) in [5, 5.41) is 11.8. The molecule has 0 saturated carbocycles. The molecule has 1 aliphatic rings. The van der Waals surface area contributed by atoms with Crippen molar-refractivity contribution in [1.82, 2.24) is 9.88 Å². The van der Waals surface area contributed by atoms with E-state index in [4.69, 9.17) is 0 Å². The monoisotopic (exact) mass is 274 g/mol. The van der Waals surface area contributed by atoms with Crippen molar-refractivity contribution in [2.24, 2.45) is 0 Å². The van der Waals surface area contributed by atoms with Crippen molar-refractivity contribution in [3.63, 3.8) is 0 Å². The molecule has 2 heterocycles. The average Bonchev–Trinajstić information content (AvgIpc) is 2.46. The van der Waals surface area contributed by atoms with Crippen molar-refractivity contribution >= 4 is 22.7 Å². The van der Waals surface area contributed by atoms with Crippen LogP contribution in [0.3, 0.4) is 0 Å². The molecule has 1 aromatic carbocycles. The zero-order valence-corrected chi connectivity index (χ0v) is 11.8. The second-order valence-corrected chi connectivity index (χ2v) is 6.14. The number of aliphatic hydroxyl groups is 1. The van der Waals surface area contributed by atoms with Gasteiger partial charge in [0.25, 0.3) is 0 Å². The Hall–Kier alpha value is -1.10.